The molecule has 0 radical (unpaired) electrons. The van der Waals surface area contributed by atoms with Crippen molar-refractivity contribution in [3.05, 3.63) is 179 Å². The average Bonchev–Trinajstić information content (AvgIpc) is 3.57. The smallest absolute Gasteiger partial charge is 0.295 e. The van der Waals surface area contributed by atoms with Crippen LogP contribution in [0.15, 0.2) is 156 Å². The molecule has 0 amide bonds. The molecule has 5 nitrogen and oxygen atoms in total. The molecule has 8 aromatic rings. The second kappa shape index (κ2) is 11.4. The molecule has 0 spiro atoms. The first kappa shape index (κ1) is 29.8. The number of rotatable bonds is 5. The minimum atomic E-state index is -0.251. The number of aryl methyl sites for hydroxylation is 2. The lowest BCUT2D eigenvalue weighted by atomic mass is 9.74. The Bertz CT molecular complexity index is 2640. The van der Waals surface area contributed by atoms with Crippen LogP contribution in [0.4, 0.5) is 0 Å². The highest BCUT2D eigenvalue weighted by Crippen LogP contribution is 2.53. The average molecular weight is 647 g/mol. The van der Waals surface area contributed by atoms with E-state index in [2.05, 4.69) is 134 Å². The van der Waals surface area contributed by atoms with Gasteiger partial charge in [-0.25, -0.2) is 14.8 Å². The molecule has 1 aliphatic carbocycles. The van der Waals surface area contributed by atoms with E-state index in [4.69, 9.17) is 9.97 Å². The fourth-order valence-electron chi connectivity index (χ4n) is 7.72. The lowest BCUT2D eigenvalue weighted by Crippen LogP contribution is -2.22. The molecule has 0 N–H and O–H groups in total. The number of nitrogens with zero attached hydrogens (tertiary/aromatic N) is 4. The van der Waals surface area contributed by atoms with Crippen LogP contribution in [0.2, 0.25) is 0 Å². The van der Waals surface area contributed by atoms with Gasteiger partial charge < -0.3 is 0 Å². The van der Waals surface area contributed by atoms with Crippen molar-refractivity contribution in [2.45, 2.75) is 12.3 Å². The van der Waals surface area contributed by atoms with Crippen molar-refractivity contribution >= 4 is 11.0 Å². The minimum absolute atomic E-state index is 0.0286. The first-order valence-corrected chi connectivity index (χ1v) is 16.9. The van der Waals surface area contributed by atoms with Crippen molar-refractivity contribution < 1.29 is 0 Å². The van der Waals surface area contributed by atoms with Gasteiger partial charge in [-0.05, 0) is 70.1 Å². The predicted octanol–water partition coefficient (Wildman–Crippen LogP) is 9.67. The first-order valence-electron chi connectivity index (χ1n) is 16.9. The maximum absolute atomic E-state index is 12.5. The standard InChI is InChI=1S/C45H34N4O/c1-45(34-14-8-5-9-15-34)37-17-11-10-16-35(37)36-26-33(22-24-38(36)45)40-28-39(46-43(47-40)31-12-6-4-7-13-31)30-20-18-29(19-21-30)32-23-25-41-42(27-32)49(3)44(50)48(41)2/h4-28H,1-3H3. The van der Waals surface area contributed by atoms with Gasteiger partial charge in [0.25, 0.3) is 0 Å². The summed E-state index contributed by atoms with van der Waals surface area (Å²) in [6.45, 7) is 2.34. The maximum Gasteiger partial charge on any atom is 0.328 e. The van der Waals surface area contributed by atoms with Gasteiger partial charge in [-0.2, -0.15) is 0 Å². The molecule has 6 aromatic carbocycles. The molecular weight excluding hydrogens is 613 g/mol. The summed E-state index contributed by atoms with van der Waals surface area (Å²) in [6, 6.07) is 53.3. The first-order chi connectivity index (χ1) is 24.4. The van der Waals surface area contributed by atoms with Crippen LogP contribution in [0.5, 0.6) is 0 Å². The van der Waals surface area contributed by atoms with Gasteiger partial charge >= 0.3 is 5.69 Å². The topological polar surface area (TPSA) is 52.7 Å². The molecule has 0 fully saturated rings. The van der Waals surface area contributed by atoms with Crippen LogP contribution < -0.4 is 5.69 Å². The molecule has 240 valence electrons. The molecule has 0 saturated heterocycles. The van der Waals surface area contributed by atoms with Crippen LogP contribution in [0.3, 0.4) is 0 Å². The van der Waals surface area contributed by atoms with Gasteiger partial charge in [-0.1, -0.05) is 127 Å². The van der Waals surface area contributed by atoms with Gasteiger partial charge in [0.15, 0.2) is 5.82 Å². The predicted molar refractivity (Wildman–Crippen MR) is 203 cm³/mol. The summed E-state index contributed by atoms with van der Waals surface area (Å²) in [5.41, 5.74) is 14.8. The van der Waals surface area contributed by atoms with E-state index in [1.807, 2.05) is 38.4 Å². The van der Waals surface area contributed by atoms with Gasteiger partial charge in [-0.15, -0.1) is 0 Å². The summed E-state index contributed by atoms with van der Waals surface area (Å²) >= 11 is 0. The quantitative estimate of drug-likeness (QED) is 0.187. The summed E-state index contributed by atoms with van der Waals surface area (Å²) in [7, 11) is 3.62. The molecule has 50 heavy (non-hydrogen) atoms. The molecule has 0 saturated carbocycles. The Labute approximate surface area is 290 Å². The van der Waals surface area contributed by atoms with Crippen molar-refractivity contribution in [3.63, 3.8) is 0 Å². The maximum atomic E-state index is 12.5. The van der Waals surface area contributed by atoms with Crippen molar-refractivity contribution in [2.24, 2.45) is 14.1 Å². The molecule has 2 aromatic heterocycles. The third-order valence-electron chi connectivity index (χ3n) is 10.5. The van der Waals surface area contributed by atoms with Crippen LogP contribution in [0, 0.1) is 0 Å². The summed E-state index contributed by atoms with van der Waals surface area (Å²) in [5.74, 6) is 0.688. The van der Waals surface area contributed by atoms with Gasteiger partial charge in [0.05, 0.1) is 22.4 Å². The third-order valence-corrected chi connectivity index (χ3v) is 10.5. The van der Waals surface area contributed by atoms with Gasteiger partial charge in [0.2, 0.25) is 0 Å². The number of imidazole rings is 1. The molecular formula is C45H34N4O. The van der Waals surface area contributed by atoms with E-state index in [9.17, 15) is 4.79 Å². The summed E-state index contributed by atoms with van der Waals surface area (Å²) < 4.78 is 3.38. The second-order valence-electron chi connectivity index (χ2n) is 13.3. The molecule has 1 atom stereocenters. The van der Waals surface area contributed by atoms with Crippen LogP contribution in [0.1, 0.15) is 23.6 Å². The van der Waals surface area contributed by atoms with Gasteiger partial charge in [0.1, 0.15) is 0 Å². The molecule has 1 aliphatic rings. The van der Waals surface area contributed by atoms with Crippen LogP contribution >= 0.6 is 0 Å². The zero-order valence-electron chi connectivity index (χ0n) is 28.1. The Morgan fingerprint density at radius 3 is 1.82 bits per heavy atom. The van der Waals surface area contributed by atoms with E-state index in [0.29, 0.717) is 5.82 Å². The van der Waals surface area contributed by atoms with Crippen molar-refractivity contribution in [2.75, 3.05) is 0 Å². The Kier molecular flexibility index (Phi) is 6.78. The Hall–Kier alpha value is -6.33. The van der Waals surface area contributed by atoms with Crippen molar-refractivity contribution in [1.82, 2.24) is 19.1 Å². The van der Waals surface area contributed by atoms with E-state index in [1.54, 1.807) is 9.13 Å². The van der Waals surface area contributed by atoms with Crippen molar-refractivity contribution in [3.8, 4) is 56.2 Å². The Balaban J connectivity index is 1.15. The van der Waals surface area contributed by atoms with Crippen LogP contribution in [-0.4, -0.2) is 19.1 Å². The van der Waals surface area contributed by atoms with E-state index in [-0.39, 0.29) is 11.1 Å². The molecule has 0 aliphatic heterocycles. The van der Waals surface area contributed by atoms with Gasteiger partial charge in [0, 0.05) is 36.2 Å². The fraction of sp³-hybridized carbons (Fsp3) is 0.0889. The molecule has 1 unspecified atom stereocenters. The molecule has 2 heterocycles. The number of fused-ring (bicyclic) bond motifs is 4. The highest BCUT2D eigenvalue weighted by atomic mass is 16.1. The highest BCUT2D eigenvalue weighted by Gasteiger charge is 2.40. The van der Waals surface area contributed by atoms with Crippen molar-refractivity contribution in [1.29, 1.82) is 0 Å². The van der Waals surface area contributed by atoms with Crippen LogP contribution in [-0.2, 0) is 19.5 Å². The van der Waals surface area contributed by atoms with E-state index >= 15 is 0 Å². The summed E-state index contributed by atoms with van der Waals surface area (Å²) in [5, 5.41) is 0. The second-order valence-corrected chi connectivity index (χ2v) is 13.3. The van der Waals surface area contributed by atoms with E-state index < -0.39 is 0 Å². The lowest BCUT2D eigenvalue weighted by molar-refractivity contribution is 0.714. The largest absolute Gasteiger partial charge is 0.328 e. The zero-order chi connectivity index (χ0) is 34.0. The third kappa shape index (κ3) is 4.58. The zero-order valence-corrected chi connectivity index (χ0v) is 28.1. The summed E-state index contributed by atoms with van der Waals surface area (Å²) in [4.78, 5) is 22.7. The number of hydrogen-bond acceptors (Lipinski definition) is 3. The highest BCUT2D eigenvalue weighted by molar-refractivity contribution is 5.87. The Morgan fingerprint density at radius 2 is 1.06 bits per heavy atom. The summed E-state index contributed by atoms with van der Waals surface area (Å²) in [6.07, 6.45) is 0. The molecule has 0 bridgehead atoms. The van der Waals surface area contributed by atoms with Gasteiger partial charge in [-0.3, -0.25) is 9.13 Å². The SMILES string of the molecule is Cn1c(=O)n(C)c2cc(-c3ccc(-c4cc(-c5ccc6c(c5)-c5ccccc5C6(C)c5ccccc5)nc(-c5ccccc5)n4)cc3)ccc21. The minimum Gasteiger partial charge on any atom is -0.295 e. The number of hydrogen-bond donors (Lipinski definition) is 0. The fourth-order valence-corrected chi connectivity index (χ4v) is 7.72. The lowest BCUT2D eigenvalue weighted by Gasteiger charge is -2.28. The number of benzene rings is 6. The van der Waals surface area contributed by atoms with E-state index in [0.717, 1.165) is 50.2 Å². The molecule has 5 heteroatoms. The Morgan fingerprint density at radius 1 is 0.480 bits per heavy atom. The normalized spacial score (nSPS) is 14.9. The number of aromatic nitrogens is 4. The monoisotopic (exact) mass is 646 g/mol. The van der Waals surface area contributed by atoms with E-state index in [1.165, 1.54) is 27.8 Å². The molecule has 9 rings (SSSR count). The van der Waals surface area contributed by atoms with Crippen LogP contribution in [0.25, 0.3) is 67.2 Å².